The SMILES string of the molecule is CCn1cc(S(=O)(=O)NCC(C)(C)SC)cc1C(=O)O. The van der Waals surface area contributed by atoms with Crippen molar-refractivity contribution in [3.8, 4) is 0 Å². The van der Waals surface area contributed by atoms with Gasteiger partial charge in [-0.2, -0.15) is 11.8 Å². The predicted molar refractivity (Wildman–Crippen MR) is 79.8 cm³/mol. The van der Waals surface area contributed by atoms with Crippen LogP contribution in [0.15, 0.2) is 17.2 Å². The van der Waals surface area contributed by atoms with E-state index in [9.17, 15) is 13.2 Å². The van der Waals surface area contributed by atoms with E-state index < -0.39 is 16.0 Å². The molecule has 0 aliphatic carbocycles. The van der Waals surface area contributed by atoms with Gasteiger partial charge in [-0.3, -0.25) is 0 Å². The Balaban J connectivity index is 3.02. The van der Waals surface area contributed by atoms with Gasteiger partial charge in [-0.1, -0.05) is 0 Å². The molecular weight excluding hydrogens is 300 g/mol. The summed E-state index contributed by atoms with van der Waals surface area (Å²) < 4.78 is 28.0. The van der Waals surface area contributed by atoms with E-state index in [1.54, 1.807) is 18.7 Å². The van der Waals surface area contributed by atoms with Crippen LogP contribution in [-0.2, 0) is 16.6 Å². The lowest BCUT2D eigenvalue weighted by molar-refractivity contribution is 0.0685. The smallest absolute Gasteiger partial charge is 0.352 e. The molecule has 0 aliphatic heterocycles. The monoisotopic (exact) mass is 320 g/mol. The van der Waals surface area contributed by atoms with E-state index in [1.165, 1.54) is 16.8 Å². The Morgan fingerprint density at radius 3 is 2.50 bits per heavy atom. The molecule has 0 amide bonds. The molecule has 0 saturated heterocycles. The lowest BCUT2D eigenvalue weighted by Gasteiger charge is -2.21. The zero-order valence-electron chi connectivity index (χ0n) is 12.0. The fraction of sp³-hybridized carbons (Fsp3) is 0.583. The topological polar surface area (TPSA) is 88.4 Å². The number of nitrogens with one attached hydrogen (secondary N) is 1. The van der Waals surface area contributed by atoms with Crippen molar-refractivity contribution in [1.29, 1.82) is 0 Å². The molecule has 1 heterocycles. The van der Waals surface area contributed by atoms with Crippen LogP contribution in [0, 0.1) is 0 Å². The number of thioether (sulfide) groups is 1. The van der Waals surface area contributed by atoms with Gasteiger partial charge in [0.2, 0.25) is 10.0 Å². The van der Waals surface area contributed by atoms with Crippen molar-refractivity contribution in [2.24, 2.45) is 0 Å². The summed E-state index contributed by atoms with van der Waals surface area (Å²) in [6.45, 7) is 6.29. The van der Waals surface area contributed by atoms with Crippen LogP contribution in [0.25, 0.3) is 0 Å². The zero-order chi connectivity index (χ0) is 15.6. The van der Waals surface area contributed by atoms with Gasteiger partial charge in [-0.05, 0) is 33.1 Å². The quantitative estimate of drug-likeness (QED) is 0.797. The minimum atomic E-state index is -3.70. The molecule has 2 N–H and O–H groups in total. The number of carbonyl (C=O) groups is 1. The van der Waals surface area contributed by atoms with Gasteiger partial charge in [0.1, 0.15) is 10.6 Å². The molecule has 8 heteroatoms. The summed E-state index contributed by atoms with van der Waals surface area (Å²) in [5.74, 6) is -1.14. The molecule has 0 radical (unpaired) electrons. The lowest BCUT2D eigenvalue weighted by atomic mass is 10.2. The maximum Gasteiger partial charge on any atom is 0.352 e. The van der Waals surface area contributed by atoms with Crippen LogP contribution in [-0.4, -0.2) is 41.6 Å². The Kier molecular flexibility index (Phi) is 5.28. The Morgan fingerprint density at radius 1 is 1.50 bits per heavy atom. The number of carboxylic acid groups (broad SMARTS) is 1. The van der Waals surface area contributed by atoms with E-state index >= 15 is 0 Å². The van der Waals surface area contributed by atoms with E-state index in [0.717, 1.165) is 0 Å². The van der Waals surface area contributed by atoms with Crippen molar-refractivity contribution >= 4 is 27.8 Å². The maximum atomic E-state index is 12.2. The number of sulfonamides is 1. The lowest BCUT2D eigenvalue weighted by Crippen LogP contribution is -2.35. The van der Waals surface area contributed by atoms with Gasteiger partial charge in [-0.25, -0.2) is 17.9 Å². The molecular formula is C12H20N2O4S2. The standard InChI is InChI=1S/C12H20N2O4S2/c1-5-14-7-9(6-10(14)11(15)16)20(17,18)13-8-12(2,3)19-4/h6-7,13H,5,8H2,1-4H3,(H,15,16). The second kappa shape index (κ2) is 6.19. The van der Waals surface area contributed by atoms with Crippen molar-refractivity contribution < 1.29 is 18.3 Å². The summed E-state index contributed by atoms with van der Waals surface area (Å²) in [5, 5.41) is 9.03. The molecule has 114 valence electrons. The predicted octanol–water partition coefficient (Wildman–Crippen LogP) is 1.63. The highest BCUT2D eigenvalue weighted by Gasteiger charge is 2.24. The summed E-state index contributed by atoms with van der Waals surface area (Å²) in [4.78, 5) is 11.0. The summed E-state index contributed by atoms with van der Waals surface area (Å²) in [7, 11) is -3.70. The molecule has 1 rings (SSSR count). The van der Waals surface area contributed by atoms with Gasteiger partial charge in [0.25, 0.3) is 0 Å². The maximum absolute atomic E-state index is 12.2. The van der Waals surface area contributed by atoms with Crippen molar-refractivity contribution in [3.63, 3.8) is 0 Å². The summed E-state index contributed by atoms with van der Waals surface area (Å²) in [5.41, 5.74) is -0.0306. The molecule has 6 nitrogen and oxygen atoms in total. The van der Waals surface area contributed by atoms with E-state index in [0.29, 0.717) is 6.54 Å². The van der Waals surface area contributed by atoms with Crippen molar-refractivity contribution in [1.82, 2.24) is 9.29 Å². The van der Waals surface area contributed by atoms with E-state index in [4.69, 9.17) is 5.11 Å². The molecule has 1 aromatic rings. The summed E-state index contributed by atoms with van der Waals surface area (Å²) in [6.07, 6.45) is 3.25. The summed E-state index contributed by atoms with van der Waals surface area (Å²) in [6, 6.07) is 1.18. The number of hydrogen-bond acceptors (Lipinski definition) is 4. The molecule has 0 bridgehead atoms. The van der Waals surface area contributed by atoms with Crippen LogP contribution in [0.2, 0.25) is 0 Å². The highest BCUT2D eigenvalue weighted by molar-refractivity contribution is 8.00. The average Bonchev–Trinajstić information content (AvgIpc) is 2.82. The normalized spacial score (nSPS) is 12.6. The number of aromatic nitrogens is 1. The van der Waals surface area contributed by atoms with Crippen LogP contribution in [0.3, 0.4) is 0 Å². The number of nitrogens with zero attached hydrogens (tertiary/aromatic N) is 1. The van der Waals surface area contributed by atoms with Gasteiger partial charge in [0.05, 0.1) is 0 Å². The number of rotatable bonds is 7. The molecule has 0 spiro atoms. The Bertz CT molecular complexity index is 591. The fourth-order valence-electron chi connectivity index (χ4n) is 1.50. The van der Waals surface area contributed by atoms with Crippen LogP contribution in [0.5, 0.6) is 0 Å². The molecule has 20 heavy (non-hydrogen) atoms. The van der Waals surface area contributed by atoms with Gasteiger partial charge in [0.15, 0.2) is 0 Å². The third kappa shape index (κ3) is 4.00. The first-order valence-corrected chi connectivity index (χ1v) is 8.82. The van der Waals surface area contributed by atoms with Crippen LogP contribution in [0.1, 0.15) is 31.3 Å². The Hall–Kier alpha value is -0.990. The highest BCUT2D eigenvalue weighted by atomic mass is 32.2. The molecule has 0 unspecified atom stereocenters. The van der Waals surface area contributed by atoms with Gasteiger partial charge in [0, 0.05) is 24.0 Å². The third-order valence-corrected chi connectivity index (χ3v) is 5.60. The number of carboxylic acids is 1. The minimum Gasteiger partial charge on any atom is -0.477 e. The first kappa shape index (κ1) is 17.1. The van der Waals surface area contributed by atoms with E-state index in [1.807, 2.05) is 20.1 Å². The first-order chi connectivity index (χ1) is 9.13. The van der Waals surface area contributed by atoms with Crippen molar-refractivity contribution in [3.05, 3.63) is 18.0 Å². The molecule has 0 fully saturated rings. The Labute approximate surface area is 123 Å². The zero-order valence-corrected chi connectivity index (χ0v) is 13.6. The number of aryl methyl sites for hydroxylation is 1. The van der Waals surface area contributed by atoms with Gasteiger partial charge in [-0.15, -0.1) is 0 Å². The summed E-state index contributed by atoms with van der Waals surface area (Å²) >= 11 is 1.55. The molecule has 1 aromatic heterocycles. The van der Waals surface area contributed by atoms with Crippen molar-refractivity contribution in [2.45, 2.75) is 37.0 Å². The number of hydrogen-bond donors (Lipinski definition) is 2. The fourth-order valence-corrected chi connectivity index (χ4v) is 3.05. The van der Waals surface area contributed by atoms with E-state index in [-0.39, 0.29) is 21.9 Å². The molecule has 0 aromatic carbocycles. The van der Waals surface area contributed by atoms with Crippen LogP contribution in [0.4, 0.5) is 0 Å². The second-order valence-corrected chi connectivity index (χ2v) is 8.22. The van der Waals surface area contributed by atoms with Crippen LogP contribution < -0.4 is 4.72 Å². The van der Waals surface area contributed by atoms with E-state index in [2.05, 4.69) is 4.72 Å². The largest absolute Gasteiger partial charge is 0.477 e. The minimum absolute atomic E-state index is 0.0198. The number of aromatic carboxylic acids is 1. The second-order valence-electron chi connectivity index (χ2n) is 4.94. The molecule has 0 atom stereocenters. The first-order valence-electron chi connectivity index (χ1n) is 6.11. The third-order valence-electron chi connectivity index (χ3n) is 2.98. The molecule has 0 aliphatic rings. The average molecular weight is 320 g/mol. The Morgan fingerprint density at radius 2 is 2.10 bits per heavy atom. The van der Waals surface area contributed by atoms with Crippen molar-refractivity contribution in [2.75, 3.05) is 12.8 Å². The van der Waals surface area contributed by atoms with Crippen LogP contribution >= 0.6 is 11.8 Å². The molecule has 0 saturated carbocycles. The highest BCUT2D eigenvalue weighted by Crippen LogP contribution is 2.21. The van der Waals surface area contributed by atoms with Gasteiger partial charge < -0.3 is 9.67 Å². The van der Waals surface area contributed by atoms with Gasteiger partial charge >= 0.3 is 5.97 Å².